The monoisotopic (exact) mass is 906 g/mol. The molecule has 0 aromatic heterocycles. The second kappa shape index (κ2) is 46.7. The van der Waals surface area contributed by atoms with Gasteiger partial charge in [-0.3, -0.25) is 0 Å². The Morgan fingerprint density at radius 1 is 0.875 bits per heavy atom. The third-order valence-corrected chi connectivity index (χ3v) is 0. The Morgan fingerprint density at radius 2 is 0.875 bits per heavy atom. The van der Waals surface area contributed by atoms with Crippen molar-refractivity contribution in [2.24, 2.45) is 0 Å². The summed E-state index contributed by atoms with van der Waals surface area (Å²) in [6.07, 6.45) is 0. The second-order valence-electron chi connectivity index (χ2n) is 0. The van der Waals surface area contributed by atoms with Crippen LogP contribution in [0.4, 0.5) is 0 Å². The van der Waals surface area contributed by atoms with Gasteiger partial charge in [0.1, 0.15) is 0 Å². The van der Waals surface area contributed by atoms with Crippen LogP contribution < -0.4 is 101 Å². The largest absolute Gasteiger partial charge is 3.00 e. The Hall–Kier alpha value is 7.62. The van der Waals surface area contributed by atoms with Crippen molar-refractivity contribution in [3.8, 4) is 0 Å². The molecule has 0 amide bonds. The zero-order valence-corrected chi connectivity index (χ0v) is 26.1. The van der Waals surface area contributed by atoms with Crippen LogP contribution in [-0.2, 0) is 0 Å². The van der Waals surface area contributed by atoms with Crippen LogP contribution in [0.1, 0.15) is 4.28 Å². The van der Waals surface area contributed by atoms with Crippen molar-refractivity contribution in [2.75, 3.05) is 0 Å². The van der Waals surface area contributed by atoms with Crippen molar-refractivity contribution in [3.63, 3.8) is 0 Å². The van der Waals surface area contributed by atoms with Crippen molar-refractivity contribution in [3.05, 3.63) is 0 Å². The molecule has 0 heterocycles. The molecule has 0 saturated heterocycles. The van der Waals surface area contributed by atoms with Crippen LogP contribution in [0.5, 0.6) is 0 Å². The van der Waals surface area contributed by atoms with Crippen LogP contribution in [0.2, 0.25) is 0 Å². The summed E-state index contributed by atoms with van der Waals surface area (Å²) < 4.78 is 0. The Bertz CT molecular complexity index is 28.5. The molecule has 0 aliphatic carbocycles. The molecule has 0 N–H and O–H groups in total. The first-order valence-electron chi connectivity index (χ1n) is 0. The normalized spacial score (nSPS) is 0. The minimum absolute atomic E-state index is 0. The number of rotatable bonds is 0. The Labute approximate surface area is 231 Å². The molecule has 0 saturated carbocycles. The van der Waals surface area contributed by atoms with Gasteiger partial charge in [-0.1, -0.05) is 0 Å². The summed E-state index contributed by atoms with van der Waals surface area (Å²) in [4.78, 5) is 0. The number of hydrogen-bond acceptors (Lipinski definition) is 0. The maximum absolute atomic E-state index is 0. The van der Waals surface area contributed by atoms with Crippen molar-refractivity contribution in [1.82, 2.24) is 0 Å². The molecule has 0 atom stereocenters. The fraction of sp³-hybridized carbons (Fsp3) is 0. The first kappa shape index (κ1) is 57.5. The van der Waals surface area contributed by atoms with E-state index in [-0.39, 0.29) is 238 Å². The van der Waals surface area contributed by atoms with Gasteiger partial charge >= 0.3 is 93.1 Å². The molecule has 0 aliphatic rings. The van der Waals surface area contributed by atoms with E-state index in [1.54, 1.807) is 0 Å². The van der Waals surface area contributed by atoms with E-state index in [4.69, 9.17) is 0 Å². The van der Waals surface area contributed by atoms with Gasteiger partial charge in [0.05, 0.1) is 0 Å². The molecule has 0 unspecified atom stereocenters. The zero-order chi connectivity index (χ0) is 0. The van der Waals surface area contributed by atoms with E-state index in [1.807, 2.05) is 0 Å². The van der Waals surface area contributed by atoms with Crippen LogP contribution in [0.3, 0.4) is 0 Å². The molecular formula is H3CaCeI3InNaTl. The summed E-state index contributed by atoms with van der Waals surface area (Å²) >= 11 is 0. The molecule has 37 valence electrons. The summed E-state index contributed by atoms with van der Waals surface area (Å²) in [6, 6.07) is 0. The van der Waals surface area contributed by atoms with E-state index in [0.29, 0.717) is 0 Å². The molecule has 0 bridgehead atoms. The van der Waals surface area contributed by atoms with Gasteiger partial charge in [0.15, 0.2) is 0 Å². The zero-order valence-electron chi connectivity index (χ0n) is 7.50. The van der Waals surface area contributed by atoms with Crippen molar-refractivity contribution >= 4 is 90.9 Å². The molecule has 0 aromatic rings. The van der Waals surface area contributed by atoms with E-state index >= 15 is 0 Å². The minimum Gasteiger partial charge on any atom is -1.00 e. The average molecular weight is 906 g/mol. The van der Waals surface area contributed by atoms with Crippen molar-refractivity contribution in [2.45, 2.75) is 0 Å². The molecular weight excluding hydrogens is 903 g/mol. The Balaban J connectivity index is 0. The summed E-state index contributed by atoms with van der Waals surface area (Å²) in [7, 11) is 0. The molecule has 0 fully saturated rings. The molecule has 0 rings (SSSR count). The van der Waals surface area contributed by atoms with E-state index in [2.05, 4.69) is 0 Å². The van der Waals surface area contributed by atoms with Gasteiger partial charge in [0.2, 0.25) is 0 Å². The Kier molecular flexibility index (Phi) is 336. The van der Waals surface area contributed by atoms with Crippen LogP contribution >= 0.6 is 0 Å². The quantitative estimate of drug-likeness (QED) is 0.168. The summed E-state index contributed by atoms with van der Waals surface area (Å²) in [5, 5.41) is 0. The van der Waals surface area contributed by atoms with Crippen LogP contribution in [0.25, 0.3) is 0 Å². The molecule has 0 aromatic carbocycles. The molecule has 0 aliphatic heterocycles. The molecule has 8 heavy (non-hydrogen) atoms. The smallest absolute Gasteiger partial charge is 1.00 e. The predicted octanol–water partition coefficient (Wildman–Crippen LogP) is -12.8. The standard InChI is InChI=1S/Ca.Ce.3HI.In.Na.Tl.3H/h;;3*1H;;;;;;/q+2;;;;;+3;+1;;3*-1/p-3. The van der Waals surface area contributed by atoms with Gasteiger partial charge in [-0.05, 0) is 0 Å². The van der Waals surface area contributed by atoms with Gasteiger partial charge < -0.3 is 76.2 Å². The van der Waals surface area contributed by atoms with Gasteiger partial charge in [0.25, 0.3) is 0 Å². The van der Waals surface area contributed by atoms with Crippen LogP contribution in [0.15, 0.2) is 0 Å². The molecule has 0 spiro atoms. The first-order valence-corrected chi connectivity index (χ1v) is 0. The fourth-order valence-electron chi connectivity index (χ4n) is 0. The number of hydrogen-bond donors (Lipinski definition) is 0. The third-order valence-electron chi connectivity index (χ3n) is 0. The van der Waals surface area contributed by atoms with E-state index in [1.165, 1.54) is 0 Å². The van der Waals surface area contributed by atoms with E-state index in [0.717, 1.165) is 0 Å². The summed E-state index contributed by atoms with van der Waals surface area (Å²) in [5.74, 6) is 0. The average Bonchev–Trinajstić information content (AvgIpc) is 0. The SMILES string of the molecule is [Ca+2].[Ce].[H-].[H-].[H-].[I-].[I-].[I-].[In+3].[Na+].[Tl]. The van der Waals surface area contributed by atoms with Crippen LogP contribution in [0, 0.1) is 41.7 Å². The fourth-order valence-corrected chi connectivity index (χ4v) is 0. The molecule has 1 radical (unpaired) electrons. The van der Waals surface area contributed by atoms with Gasteiger partial charge in [-0.25, -0.2) is 0 Å². The maximum atomic E-state index is 0. The Morgan fingerprint density at radius 3 is 0.875 bits per heavy atom. The summed E-state index contributed by atoms with van der Waals surface area (Å²) in [5.41, 5.74) is 0. The van der Waals surface area contributed by atoms with E-state index < -0.39 is 0 Å². The summed E-state index contributed by atoms with van der Waals surface area (Å²) in [6.45, 7) is 0. The number of halogens is 3. The van der Waals surface area contributed by atoms with E-state index in [9.17, 15) is 0 Å². The van der Waals surface area contributed by atoms with Crippen molar-refractivity contribution < 1.29 is 148 Å². The van der Waals surface area contributed by atoms with Gasteiger partial charge in [-0.15, -0.1) is 0 Å². The van der Waals surface area contributed by atoms with Gasteiger partial charge in [0, 0.05) is 69.0 Å². The molecule has 0 nitrogen and oxygen atoms in total. The van der Waals surface area contributed by atoms with Crippen LogP contribution in [-0.4, -0.2) is 90.9 Å². The van der Waals surface area contributed by atoms with Gasteiger partial charge in [-0.2, -0.15) is 0 Å². The topological polar surface area (TPSA) is 0 Å². The third kappa shape index (κ3) is 37.4. The molecule has 8 heteroatoms. The maximum Gasteiger partial charge on any atom is 3.00 e. The minimum atomic E-state index is 0. The predicted molar refractivity (Wildman–Crippen MR) is 20.6 cm³/mol. The first-order chi connectivity index (χ1) is 0. The van der Waals surface area contributed by atoms with Crippen molar-refractivity contribution in [1.29, 1.82) is 0 Å². The second-order valence-corrected chi connectivity index (χ2v) is 0.